The van der Waals surface area contributed by atoms with Gasteiger partial charge in [-0.1, -0.05) is 0 Å². The van der Waals surface area contributed by atoms with Gasteiger partial charge < -0.3 is 10.4 Å². The maximum Gasteiger partial charge on any atom is 0.346 e. The van der Waals surface area contributed by atoms with Crippen molar-refractivity contribution in [1.82, 2.24) is 9.97 Å². The van der Waals surface area contributed by atoms with Crippen LogP contribution in [0.5, 0.6) is 0 Å². The van der Waals surface area contributed by atoms with Crippen LogP contribution in [0.3, 0.4) is 0 Å². The standard InChI is InChI=1S/C13H15N3O4S2/c1-7-9-11(14-4-8-2-3-22(19,20)5-8)15-6-16-12(9)21-10(7)13(17)18/h6,8H,2-5H2,1H3,(H,17,18)(H,14,15,16)/t8-/m0/s1. The fraction of sp³-hybridized carbons (Fsp3) is 0.462. The van der Waals surface area contributed by atoms with Gasteiger partial charge in [-0.3, -0.25) is 0 Å². The van der Waals surface area contributed by atoms with Gasteiger partial charge in [-0.05, 0) is 24.8 Å². The summed E-state index contributed by atoms with van der Waals surface area (Å²) in [4.78, 5) is 20.4. The van der Waals surface area contributed by atoms with Gasteiger partial charge in [-0.2, -0.15) is 0 Å². The van der Waals surface area contributed by atoms with Crippen LogP contribution in [0, 0.1) is 12.8 Å². The molecule has 1 saturated heterocycles. The number of carboxylic acids is 1. The smallest absolute Gasteiger partial charge is 0.346 e. The Kier molecular flexibility index (Phi) is 3.77. The minimum atomic E-state index is -2.91. The first-order valence-electron chi connectivity index (χ1n) is 6.79. The minimum Gasteiger partial charge on any atom is -0.477 e. The Morgan fingerprint density at radius 2 is 2.27 bits per heavy atom. The third kappa shape index (κ3) is 2.78. The Hall–Kier alpha value is -1.74. The molecule has 22 heavy (non-hydrogen) atoms. The number of nitrogens with one attached hydrogen (secondary N) is 1. The van der Waals surface area contributed by atoms with E-state index in [0.717, 1.165) is 11.3 Å². The molecule has 9 heteroatoms. The molecule has 0 saturated carbocycles. The molecule has 3 heterocycles. The second-order valence-corrected chi connectivity index (χ2v) is 8.64. The van der Waals surface area contributed by atoms with E-state index in [1.54, 1.807) is 6.92 Å². The van der Waals surface area contributed by atoms with E-state index >= 15 is 0 Å². The number of carboxylic acid groups (broad SMARTS) is 1. The zero-order valence-corrected chi connectivity index (χ0v) is 13.5. The zero-order valence-electron chi connectivity index (χ0n) is 11.9. The summed E-state index contributed by atoms with van der Waals surface area (Å²) in [6, 6.07) is 0. The largest absolute Gasteiger partial charge is 0.477 e. The number of rotatable bonds is 4. The summed E-state index contributed by atoms with van der Waals surface area (Å²) in [5, 5.41) is 13.1. The molecule has 0 aromatic carbocycles. The quantitative estimate of drug-likeness (QED) is 0.868. The van der Waals surface area contributed by atoms with Crippen molar-refractivity contribution in [2.45, 2.75) is 13.3 Å². The molecule has 0 unspecified atom stereocenters. The van der Waals surface area contributed by atoms with E-state index in [9.17, 15) is 18.3 Å². The number of nitrogens with zero attached hydrogens (tertiary/aromatic N) is 2. The Morgan fingerprint density at radius 3 is 2.91 bits per heavy atom. The van der Waals surface area contributed by atoms with Gasteiger partial charge >= 0.3 is 5.97 Å². The lowest BCUT2D eigenvalue weighted by Gasteiger charge is -2.11. The molecular formula is C13H15N3O4S2. The SMILES string of the molecule is Cc1c(C(=O)O)sc2ncnc(NC[C@@H]3CCS(=O)(=O)C3)c12. The van der Waals surface area contributed by atoms with Crippen LogP contribution in [0.4, 0.5) is 5.82 Å². The van der Waals surface area contributed by atoms with Crippen LogP contribution in [0.25, 0.3) is 10.2 Å². The zero-order chi connectivity index (χ0) is 15.9. The minimum absolute atomic E-state index is 0.0629. The number of hydrogen-bond acceptors (Lipinski definition) is 7. The average molecular weight is 341 g/mol. The maximum absolute atomic E-state index is 11.5. The number of hydrogen-bond donors (Lipinski definition) is 2. The molecule has 118 valence electrons. The fourth-order valence-electron chi connectivity index (χ4n) is 2.68. The summed E-state index contributed by atoms with van der Waals surface area (Å²) < 4.78 is 23.0. The van der Waals surface area contributed by atoms with Crippen molar-refractivity contribution in [3.63, 3.8) is 0 Å². The van der Waals surface area contributed by atoms with Crippen molar-refractivity contribution in [1.29, 1.82) is 0 Å². The number of fused-ring (bicyclic) bond motifs is 1. The normalized spacial score (nSPS) is 20.3. The van der Waals surface area contributed by atoms with E-state index in [2.05, 4.69) is 15.3 Å². The van der Waals surface area contributed by atoms with Crippen LogP contribution in [0.15, 0.2) is 6.33 Å². The van der Waals surface area contributed by atoms with Gasteiger partial charge in [0.2, 0.25) is 0 Å². The highest BCUT2D eigenvalue weighted by Crippen LogP contribution is 2.33. The second kappa shape index (κ2) is 5.47. The van der Waals surface area contributed by atoms with Gasteiger partial charge in [0.15, 0.2) is 9.84 Å². The number of sulfone groups is 1. The summed E-state index contributed by atoms with van der Waals surface area (Å²) in [5.74, 6) is 0.0768. The molecule has 0 spiro atoms. The van der Waals surface area contributed by atoms with Gasteiger partial charge in [0.1, 0.15) is 21.9 Å². The van der Waals surface area contributed by atoms with Gasteiger partial charge in [0.05, 0.1) is 16.9 Å². The van der Waals surface area contributed by atoms with Crippen molar-refractivity contribution in [2.75, 3.05) is 23.4 Å². The van der Waals surface area contributed by atoms with Gasteiger partial charge in [0, 0.05) is 6.54 Å². The number of carbonyl (C=O) groups is 1. The Bertz CT molecular complexity index is 844. The van der Waals surface area contributed by atoms with Crippen LogP contribution >= 0.6 is 11.3 Å². The topological polar surface area (TPSA) is 109 Å². The molecule has 1 aliphatic heterocycles. The first-order valence-corrected chi connectivity index (χ1v) is 9.43. The monoisotopic (exact) mass is 341 g/mol. The van der Waals surface area contributed by atoms with Crippen LogP contribution in [0.2, 0.25) is 0 Å². The number of anilines is 1. The molecule has 2 aromatic rings. The lowest BCUT2D eigenvalue weighted by molar-refractivity contribution is 0.0701. The van der Waals surface area contributed by atoms with Crippen LogP contribution in [-0.4, -0.2) is 47.5 Å². The van der Waals surface area contributed by atoms with Gasteiger partial charge in [-0.15, -0.1) is 11.3 Å². The van der Waals surface area contributed by atoms with Crippen molar-refractivity contribution in [2.24, 2.45) is 5.92 Å². The third-order valence-electron chi connectivity index (χ3n) is 3.81. The molecule has 0 bridgehead atoms. The summed E-state index contributed by atoms with van der Waals surface area (Å²) in [6.45, 7) is 2.24. The van der Waals surface area contributed by atoms with E-state index in [1.165, 1.54) is 6.33 Å². The van der Waals surface area contributed by atoms with E-state index in [4.69, 9.17) is 0 Å². The molecule has 0 radical (unpaired) electrons. The highest BCUT2D eigenvalue weighted by Gasteiger charge is 2.28. The first kappa shape index (κ1) is 15.2. The average Bonchev–Trinajstić information content (AvgIpc) is 2.97. The summed E-state index contributed by atoms with van der Waals surface area (Å²) in [5.41, 5.74) is 0.634. The molecular weight excluding hydrogens is 326 g/mol. The van der Waals surface area contributed by atoms with Crippen LogP contribution < -0.4 is 5.32 Å². The van der Waals surface area contributed by atoms with E-state index in [-0.39, 0.29) is 22.3 Å². The Morgan fingerprint density at radius 1 is 1.50 bits per heavy atom. The predicted octanol–water partition coefficient (Wildman–Crippen LogP) is 1.54. The van der Waals surface area contributed by atoms with Crippen LogP contribution in [-0.2, 0) is 9.84 Å². The van der Waals surface area contributed by atoms with Crippen LogP contribution in [0.1, 0.15) is 21.7 Å². The molecule has 7 nitrogen and oxygen atoms in total. The molecule has 0 aliphatic carbocycles. The Balaban J connectivity index is 1.86. The fourth-order valence-corrected chi connectivity index (χ4v) is 5.53. The van der Waals surface area contributed by atoms with E-state index < -0.39 is 15.8 Å². The molecule has 1 aliphatic rings. The maximum atomic E-state index is 11.5. The van der Waals surface area contributed by atoms with E-state index in [0.29, 0.717) is 34.6 Å². The molecule has 2 N–H and O–H groups in total. The first-order chi connectivity index (χ1) is 10.4. The highest BCUT2D eigenvalue weighted by atomic mass is 32.2. The number of aromatic nitrogens is 2. The third-order valence-corrected chi connectivity index (χ3v) is 6.83. The highest BCUT2D eigenvalue weighted by molar-refractivity contribution is 7.91. The lowest BCUT2D eigenvalue weighted by Crippen LogP contribution is -2.16. The Labute approximate surface area is 131 Å². The predicted molar refractivity (Wildman–Crippen MR) is 84.4 cm³/mol. The molecule has 1 fully saturated rings. The van der Waals surface area contributed by atoms with Gasteiger partial charge in [-0.25, -0.2) is 23.2 Å². The summed E-state index contributed by atoms with van der Waals surface area (Å²) in [6.07, 6.45) is 2.03. The number of thiophene rings is 1. The van der Waals surface area contributed by atoms with Gasteiger partial charge in [0.25, 0.3) is 0 Å². The van der Waals surface area contributed by atoms with Crippen molar-refractivity contribution in [3.05, 3.63) is 16.8 Å². The van der Waals surface area contributed by atoms with Crippen molar-refractivity contribution in [3.8, 4) is 0 Å². The second-order valence-electron chi connectivity index (χ2n) is 5.41. The summed E-state index contributed by atoms with van der Waals surface area (Å²) in [7, 11) is -2.91. The lowest BCUT2D eigenvalue weighted by atomic mass is 10.1. The molecule has 1 atom stereocenters. The van der Waals surface area contributed by atoms with E-state index in [1.807, 2.05) is 0 Å². The molecule has 2 aromatic heterocycles. The number of aromatic carboxylic acids is 1. The van der Waals surface area contributed by atoms with Crippen molar-refractivity contribution >= 4 is 43.2 Å². The van der Waals surface area contributed by atoms with Crippen molar-refractivity contribution < 1.29 is 18.3 Å². The number of aryl methyl sites for hydroxylation is 1. The molecule has 0 amide bonds. The summed E-state index contributed by atoms with van der Waals surface area (Å²) >= 11 is 1.12. The molecule has 3 rings (SSSR count).